The number of carboxylic acid groups (broad SMARTS) is 1. The van der Waals surface area contributed by atoms with Crippen molar-refractivity contribution in [1.82, 2.24) is 15.3 Å². The minimum atomic E-state index is -0.837. The Morgan fingerprint density at radius 1 is 1.12 bits per heavy atom. The first-order valence-electron chi connectivity index (χ1n) is 11.2. The van der Waals surface area contributed by atoms with Gasteiger partial charge in [-0.3, -0.25) is 4.79 Å². The Balaban J connectivity index is 1.33. The fourth-order valence-corrected chi connectivity index (χ4v) is 5.12. The summed E-state index contributed by atoms with van der Waals surface area (Å²) in [6.07, 6.45) is 4.96. The first-order valence-corrected chi connectivity index (χ1v) is 12.0. The lowest BCUT2D eigenvalue weighted by atomic mass is 9.89. The molecule has 0 radical (unpaired) electrons. The van der Waals surface area contributed by atoms with Gasteiger partial charge in [-0.2, -0.15) is 0 Å². The number of aliphatic carboxylic acids is 1. The van der Waals surface area contributed by atoms with E-state index in [1.165, 1.54) is 23.0 Å². The van der Waals surface area contributed by atoms with Gasteiger partial charge in [-0.1, -0.05) is 59.9 Å². The molecule has 1 aliphatic carbocycles. The number of fused-ring (bicyclic) bond motifs is 1. The first-order chi connectivity index (χ1) is 16.4. The molecule has 0 saturated heterocycles. The number of halogens is 1. The van der Waals surface area contributed by atoms with Gasteiger partial charge >= 0.3 is 5.97 Å². The maximum absolute atomic E-state index is 15.0. The lowest BCUT2D eigenvalue weighted by Gasteiger charge is -2.15. The van der Waals surface area contributed by atoms with Crippen molar-refractivity contribution in [2.75, 3.05) is 6.54 Å². The van der Waals surface area contributed by atoms with Crippen molar-refractivity contribution in [2.45, 2.75) is 31.2 Å². The largest absolute Gasteiger partial charge is 0.481 e. The Kier molecular flexibility index (Phi) is 5.98. The molecule has 7 heteroatoms. The van der Waals surface area contributed by atoms with Gasteiger partial charge in [-0.05, 0) is 55.3 Å². The molecule has 0 aliphatic heterocycles. The second kappa shape index (κ2) is 9.08. The van der Waals surface area contributed by atoms with Gasteiger partial charge in [0.1, 0.15) is 21.2 Å². The summed E-state index contributed by atoms with van der Waals surface area (Å²) in [5.41, 5.74) is 3.93. The Morgan fingerprint density at radius 3 is 2.62 bits per heavy atom. The van der Waals surface area contributed by atoms with Gasteiger partial charge in [0.25, 0.3) is 0 Å². The number of rotatable bonds is 9. The van der Waals surface area contributed by atoms with Crippen molar-refractivity contribution >= 4 is 27.7 Å². The van der Waals surface area contributed by atoms with E-state index in [0.717, 1.165) is 21.6 Å². The van der Waals surface area contributed by atoms with Crippen LogP contribution in [0.3, 0.4) is 0 Å². The molecular formula is C27H24FN3O2S. The molecule has 0 bridgehead atoms. The maximum Gasteiger partial charge on any atom is 0.304 e. The van der Waals surface area contributed by atoms with Gasteiger partial charge in [0.15, 0.2) is 0 Å². The number of carboxylic acids is 1. The fourth-order valence-electron chi connectivity index (χ4n) is 4.16. The summed E-state index contributed by atoms with van der Waals surface area (Å²) in [6.45, 7) is 2.41. The Morgan fingerprint density at radius 2 is 1.91 bits per heavy atom. The minimum absolute atomic E-state index is 0.0587. The Hall–Kier alpha value is -3.42. The molecule has 34 heavy (non-hydrogen) atoms. The van der Waals surface area contributed by atoms with Crippen LogP contribution in [0.25, 0.3) is 20.9 Å². The predicted molar refractivity (Wildman–Crippen MR) is 133 cm³/mol. The third kappa shape index (κ3) is 4.49. The Bertz CT molecular complexity index is 1380. The van der Waals surface area contributed by atoms with Crippen LogP contribution in [0.5, 0.6) is 0 Å². The van der Waals surface area contributed by atoms with Crippen LogP contribution in [0.1, 0.15) is 30.2 Å². The van der Waals surface area contributed by atoms with Crippen molar-refractivity contribution in [3.05, 3.63) is 95.5 Å². The maximum atomic E-state index is 15.0. The molecule has 1 atom stereocenters. The van der Waals surface area contributed by atoms with E-state index in [1.54, 1.807) is 6.07 Å². The molecule has 2 aromatic heterocycles. The molecule has 4 aromatic rings. The van der Waals surface area contributed by atoms with Crippen LogP contribution in [0.2, 0.25) is 0 Å². The van der Waals surface area contributed by atoms with Crippen LogP contribution in [0, 0.1) is 5.82 Å². The topological polar surface area (TPSA) is 75.1 Å². The number of aromatic nitrogens is 2. The van der Waals surface area contributed by atoms with Crippen LogP contribution in [0.4, 0.5) is 4.39 Å². The van der Waals surface area contributed by atoms with Crippen LogP contribution in [0.15, 0.2) is 72.8 Å². The number of hydrogen-bond donors (Lipinski definition) is 2. The predicted octanol–water partition coefficient (Wildman–Crippen LogP) is 5.35. The average Bonchev–Trinajstić information content (AvgIpc) is 3.52. The van der Waals surface area contributed by atoms with Crippen molar-refractivity contribution in [2.24, 2.45) is 0 Å². The summed E-state index contributed by atoms with van der Waals surface area (Å²) < 4.78 is 15.0. The molecular weight excluding hydrogens is 449 g/mol. The third-order valence-electron chi connectivity index (χ3n) is 6.08. The highest BCUT2D eigenvalue weighted by Gasteiger charge is 2.39. The number of benzene rings is 2. The van der Waals surface area contributed by atoms with E-state index in [0.29, 0.717) is 23.5 Å². The SMILES string of the molecule is CC(CC(=O)O)NCCc1ccc(-c2nc3ccc(C4(c5ccccc5)C=C4)nc3s2)c(F)c1. The van der Waals surface area contributed by atoms with Crippen LogP contribution in [-0.2, 0) is 16.6 Å². The molecule has 2 N–H and O–H groups in total. The van der Waals surface area contributed by atoms with Gasteiger partial charge in [0.2, 0.25) is 0 Å². The second-order valence-electron chi connectivity index (χ2n) is 8.63. The van der Waals surface area contributed by atoms with E-state index in [2.05, 4.69) is 34.6 Å². The zero-order chi connectivity index (χ0) is 23.7. The number of nitrogens with one attached hydrogen (secondary N) is 1. The highest BCUT2D eigenvalue weighted by molar-refractivity contribution is 7.21. The van der Waals surface area contributed by atoms with Gasteiger partial charge in [-0.15, -0.1) is 0 Å². The number of hydrogen-bond acceptors (Lipinski definition) is 5. The average molecular weight is 474 g/mol. The van der Waals surface area contributed by atoms with Crippen LogP contribution in [-0.4, -0.2) is 33.6 Å². The quantitative estimate of drug-likeness (QED) is 0.321. The van der Waals surface area contributed by atoms with Crippen molar-refractivity contribution in [1.29, 1.82) is 0 Å². The molecule has 2 heterocycles. The molecule has 172 valence electrons. The van der Waals surface area contributed by atoms with Gasteiger partial charge in [-0.25, -0.2) is 14.4 Å². The third-order valence-corrected chi connectivity index (χ3v) is 7.08. The smallest absolute Gasteiger partial charge is 0.304 e. The van der Waals surface area contributed by atoms with Crippen LogP contribution >= 0.6 is 11.3 Å². The summed E-state index contributed by atoms with van der Waals surface area (Å²) in [5.74, 6) is -1.16. The molecule has 0 spiro atoms. The van der Waals surface area contributed by atoms with Crippen molar-refractivity contribution < 1.29 is 14.3 Å². The van der Waals surface area contributed by atoms with E-state index in [9.17, 15) is 9.18 Å². The van der Waals surface area contributed by atoms with E-state index < -0.39 is 5.97 Å². The zero-order valence-electron chi connectivity index (χ0n) is 18.7. The Labute approximate surface area is 201 Å². The summed E-state index contributed by atoms with van der Waals surface area (Å²) in [7, 11) is 0. The monoisotopic (exact) mass is 473 g/mol. The standard InChI is InChI=1S/C27H24FN3O2S/c1-17(15-24(32)33)29-14-11-18-7-8-20(21(28)16-18)25-30-22-9-10-23(31-26(22)34-25)27(12-13-27)19-5-3-2-4-6-19/h2-10,12-13,16-17,29H,11,14-15H2,1H3,(H,32,33). The van der Waals surface area contributed by atoms with Gasteiger partial charge < -0.3 is 10.4 Å². The number of allylic oxidation sites excluding steroid dienone is 2. The highest BCUT2D eigenvalue weighted by atomic mass is 32.1. The normalized spacial score (nSPS) is 14.9. The molecule has 0 saturated carbocycles. The number of thiazole rings is 1. The summed E-state index contributed by atoms with van der Waals surface area (Å²) in [6, 6.07) is 19.3. The summed E-state index contributed by atoms with van der Waals surface area (Å²) >= 11 is 1.39. The van der Waals surface area contributed by atoms with E-state index >= 15 is 0 Å². The molecule has 0 fully saturated rings. The van der Waals surface area contributed by atoms with Gasteiger partial charge in [0, 0.05) is 11.6 Å². The highest BCUT2D eigenvalue weighted by Crippen LogP contribution is 2.45. The number of nitrogens with zero attached hydrogens (tertiary/aromatic N) is 2. The summed E-state index contributed by atoms with van der Waals surface area (Å²) in [5, 5.41) is 12.6. The molecule has 5 rings (SSSR count). The molecule has 2 aromatic carbocycles. The fraction of sp³-hybridized carbons (Fsp3) is 0.222. The zero-order valence-corrected chi connectivity index (χ0v) is 19.5. The van der Waals surface area contributed by atoms with E-state index in [4.69, 9.17) is 10.1 Å². The lowest BCUT2D eigenvalue weighted by molar-refractivity contribution is -0.137. The molecule has 1 aliphatic rings. The number of pyridine rings is 1. The van der Waals surface area contributed by atoms with Crippen LogP contribution < -0.4 is 5.32 Å². The lowest BCUT2D eigenvalue weighted by Crippen LogP contribution is -2.30. The molecule has 1 unspecified atom stereocenters. The molecule has 5 nitrogen and oxygen atoms in total. The minimum Gasteiger partial charge on any atom is -0.481 e. The van der Waals surface area contributed by atoms with E-state index in [-0.39, 0.29) is 23.7 Å². The molecule has 0 amide bonds. The van der Waals surface area contributed by atoms with E-state index in [1.807, 2.05) is 43.3 Å². The number of carbonyl (C=O) groups is 1. The summed E-state index contributed by atoms with van der Waals surface area (Å²) in [4.78, 5) is 21.1. The van der Waals surface area contributed by atoms with Crippen molar-refractivity contribution in [3.8, 4) is 10.6 Å². The second-order valence-corrected chi connectivity index (χ2v) is 9.60. The first kappa shape index (κ1) is 22.4. The van der Waals surface area contributed by atoms with Crippen molar-refractivity contribution in [3.63, 3.8) is 0 Å². The van der Waals surface area contributed by atoms with Gasteiger partial charge in [0.05, 0.1) is 17.5 Å².